The van der Waals surface area contributed by atoms with E-state index in [1.807, 2.05) is 0 Å². The molecule has 0 heterocycles. The number of hydrogen-bond acceptors (Lipinski definition) is 7. The molecule has 0 fully saturated rings. The molecule has 2 rings (SSSR count). The van der Waals surface area contributed by atoms with Gasteiger partial charge in [-0.3, -0.25) is 14.9 Å². The Balaban J connectivity index is 2.40. The van der Waals surface area contributed by atoms with Crippen LogP contribution in [0.25, 0.3) is 6.08 Å². The first-order valence-corrected chi connectivity index (χ1v) is 8.39. The maximum Gasteiger partial charge on any atom is 0.296 e. The summed E-state index contributed by atoms with van der Waals surface area (Å²) < 4.78 is 15.3. The van der Waals surface area contributed by atoms with Gasteiger partial charge in [-0.1, -0.05) is 11.6 Å². The van der Waals surface area contributed by atoms with Crippen LogP contribution >= 0.6 is 11.6 Å². The average Bonchev–Trinajstić information content (AvgIpc) is 2.72. The van der Waals surface area contributed by atoms with Crippen LogP contribution in [0.5, 0.6) is 17.2 Å². The quantitative estimate of drug-likeness (QED) is 0.314. The summed E-state index contributed by atoms with van der Waals surface area (Å²) in [5.41, 5.74) is -0.441. The van der Waals surface area contributed by atoms with Crippen molar-refractivity contribution < 1.29 is 23.9 Å². The minimum atomic E-state index is -0.841. The maximum absolute atomic E-state index is 12.5. The SMILES string of the molecule is COc1ccc(NC(=O)/C(C#N)=C/c2cc(OC)c(OC)cc2Cl)c([N+](=O)[O-])c1. The Bertz CT molecular complexity index is 1030. The number of carbonyl (C=O) groups is 1. The number of carbonyl (C=O) groups excluding carboxylic acids is 1. The number of nitrogens with zero attached hydrogens (tertiary/aromatic N) is 2. The van der Waals surface area contributed by atoms with E-state index in [0.29, 0.717) is 17.1 Å². The Morgan fingerprint density at radius 2 is 1.83 bits per heavy atom. The maximum atomic E-state index is 12.5. The van der Waals surface area contributed by atoms with Gasteiger partial charge in [0.05, 0.1) is 37.3 Å². The Kier molecular flexibility index (Phi) is 7.00. The number of benzene rings is 2. The van der Waals surface area contributed by atoms with Crippen molar-refractivity contribution in [2.75, 3.05) is 26.6 Å². The molecule has 2 aromatic rings. The van der Waals surface area contributed by atoms with Crippen LogP contribution in [0.1, 0.15) is 5.56 Å². The minimum Gasteiger partial charge on any atom is -0.496 e. The molecule has 0 spiro atoms. The summed E-state index contributed by atoms with van der Waals surface area (Å²) in [5.74, 6) is 0.146. The van der Waals surface area contributed by atoms with Crippen molar-refractivity contribution in [2.45, 2.75) is 0 Å². The second-order valence-electron chi connectivity index (χ2n) is 5.49. The van der Waals surface area contributed by atoms with E-state index in [1.54, 1.807) is 6.07 Å². The topological polar surface area (TPSA) is 124 Å². The standard InChI is InChI=1S/C19H16ClN3O6/c1-27-13-4-5-15(16(8-13)23(25)26)22-19(24)12(10-21)6-11-7-17(28-2)18(29-3)9-14(11)20/h4-9H,1-3H3,(H,22,24)/b12-6+. The lowest BCUT2D eigenvalue weighted by atomic mass is 10.1. The van der Waals surface area contributed by atoms with Crippen molar-refractivity contribution in [3.8, 4) is 23.3 Å². The third kappa shape index (κ3) is 4.94. The number of nitro groups is 1. The molecule has 0 aliphatic rings. The van der Waals surface area contributed by atoms with Gasteiger partial charge in [-0.15, -0.1) is 0 Å². The van der Waals surface area contributed by atoms with Crippen molar-refractivity contribution in [1.29, 1.82) is 5.26 Å². The van der Waals surface area contributed by atoms with Gasteiger partial charge in [0.2, 0.25) is 0 Å². The average molecular weight is 418 g/mol. The van der Waals surface area contributed by atoms with Gasteiger partial charge in [-0.05, 0) is 29.8 Å². The monoisotopic (exact) mass is 417 g/mol. The normalized spacial score (nSPS) is 10.7. The van der Waals surface area contributed by atoms with Gasteiger partial charge in [0.1, 0.15) is 23.1 Å². The lowest BCUT2D eigenvalue weighted by Gasteiger charge is -2.10. The molecule has 150 valence electrons. The first-order valence-electron chi connectivity index (χ1n) is 8.01. The lowest BCUT2D eigenvalue weighted by molar-refractivity contribution is -0.384. The van der Waals surface area contributed by atoms with Gasteiger partial charge in [0.15, 0.2) is 11.5 Å². The summed E-state index contributed by atoms with van der Waals surface area (Å²) in [7, 11) is 4.24. The number of nitro benzene ring substituents is 1. The van der Waals surface area contributed by atoms with Crippen molar-refractivity contribution >= 4 is 35.0 Å². The fourth-order valence-corrected chi connectivity index (χ4v) is 2.58. The largest absolute Gasteiger partial charge is 0.496 e. The molecule has 0 radical (unpaired) electrons. The summed E-state index contributed by atoms with van der Waals surface area (Å²) in [6.45, 7) is 0. The number of nitriles is 1. The van der Waals surface area contributed by atoms with Gasteiger partial charge in [-0.2, -0.15) is 5.26 Å². The van der Waals surface area contributed by atoms with E-state index in [-0.39, 0.29) is 27.7 Å². The fraction of sp³-hybridized carbons (Fsp3) is 0.158. The highest BCUT2D eigenvalue weighted by molar-refractivity contribution is 6.32. The second kappa shape index (κ2) is 9.43. The number of anilines is 1. The van der Waals surface area contributed by atoms with E-state index < -0.39 is 10.8 Å². The first kappa shape index (κ1) is 21.5. The van der Waals surface area contributed by atoms with E-state index >= 15 is 0 Å². The van der Waals surface area contributed by atoms with Crippen LogP contribution in [0.15, 0.2) is 35.9 Å². The molecule has 1 amide bonds. The Hall–Kier alpha value is -3.77. The van der Waals surface area contributed by atoms with Crippen LogP contribution in [-0.4, -0.2) is 32.2 Å². The number of methoxy groups -OCH3 is 3. The molecule has 0 aliphatic heterocycles. The van der Waals surface area contributed by atoms with Crippen LogP contribution < -0.4 is 19.5 Å². The van der Waals surface area contributed by atoms with Crippen LogP contribution in [0, 0.1) is 21.4 Å². The van der Waals surface area contributed by atoms with Crippen molar-refractivity contribution in [1.82, 2.24) is 0 Å². The zero-order valence-corrected chi connectivity index (χ0v) is 16.4. The third-order valence-corrected chi connectivity index (χ3v) is 4.14. The number of nitrogens with one attached hydrogen (secondary N) is 1. The molecular formula is C19H16ClN3O6. The molecule has 29 heavy (non-hydrogen) atoms. The van der Waals surface area contributed by atoms with E-state index in [4.69, 9.17) is 25.8 Å². The molecule has 0 atom stereocenters. The van der Waals surface area contributed by atoms with Crippen LogP contribution in [0.3, 0.4) is 0 Å². The Labute approximate surface area is 171 Å². The molecule has 0 unspecified atom stereocenters. The van der Waals surface area contributed by atoms with Crippen molar-refractivity contribution in [2.24, 2.45) is 0 Å². The van der Waals surface area contributed by atoms with E-state index in [2.05, 4.69) is 5.32 Å². The molecule has 0 aromatic heterocycles. The second-order valence-corrected chi connectivity index (χ2v) is 5.90. The minimum absolute atomic E-state index is 0.0830. The summed E-state index contributed by atoms with van der Waals surface area (Å²) in [6.07, 6.45) is 1.25. The smallest absolute Gasteiger partial charge is 0.296 e. The summed E-state index contributed by atoms with van der Waals surface area (Å²) in [4.78, 5) is 23.1. The summed E-state index contributed by atoms with van der Waals surface area (Å²) in [6, 6.07) is 8.66. The highest BCUT2D eigenvalue weighted by Crippen LogP contribution is 2.34. The molecule has 2 aromatic carbocycles. The fourth-order valence-electron chi connectivity index (χ4n) is 2.37. The van der Waals surface area contributed by atoms with Gasteiger partial charge in [0, 0.05) is 6.07 Å². The first-order chi connectivity index (χ1) is 13.8. The van der Waals surface area contributed by atoms with E-state index in [0.717, 1.165) is 6.07 Å². The molecule has 0 aliphatic carbocycles. The van der Waals surface area contributed by atoms with E-state index in [9.17, 15) is 20.2 Å². The summed E-state index contributed by atoms with van der Waals surface area (Å²) >= 11 is 6.18. The van der Waals surface area contributed by atoms with Crippen LogP contribution in [-0.2, 0) is 4.79 Å². The predicted octanol–water partition coefficient (Wildman–Crippen LogP) is 3.82. The number of amides is 1. The molecule has 0 bridgehead atoms. The van der Waals surface area contributed by atoms with Gasteiger partial charge < -0.3 is 19.5 Å². The Morgan fingerprint density at radius 3 is 2.38 bits per heavy atom. The highest BCUT2D eigenvalue weighted by Gasteiger charge is 2.20. The zero-order valence-electron chi connectivity index (χ0n) is 15.7. The molecule has 9 nitrogen and oxygen atoms in total. The van der Waals surface area contributed by atoms with Gasteiger partial charge in [0.25, 0.3) is 11.6 Å². The number of ether oxygens (including phenoxy) is 3. The zero-order chi connectivity index (χ0) is 21.6. The van der Waals surface area contributed by atoms with Crippen LogP contribution in [0.2, 0.25) is 5.02 Å². The summed E-state index contributed by atoms with van der Waals surface area (Å²) in [5, 5.41) is 23.2. The number of hydrogen-bond donors (Lipinski definition) is 1. The number of rotatable bonds is 7. The lowest BCUT2D eigenvalue weighted by Crippen LogP contribution is -2.14. The molecule has 0 saturated heterocycles. The Morgan fingerprint density at radius 1 is 1.17 bits per heavy atom. The van der Waals surface area contributed by atoms with Crippen LogP contribution in [0.4, 0.5) is 11.4 Å². The number of halogens is 1. The van der Waals surface area contributed by atoms with E-state index in [1.165, 1.54) is 51.7 Å². The third-order valence-electron chi connectivity index (χ3n) is 3.82. The predicted molar refractivity (Wildman–Crippen MR) is 106 cm³/mol. The molecule has 1 N–H and O–H groups in total. The van der Waals surface area contributed by atoms with Crippen molar-refractivity contribution in [3.63, 3.8) is 0 Å². The van der Waals surface area contributed by atoms with Crippen molar-refractivity contribution in [3.05, 3.63) is 56.6 Å². The van der Waals surface area contributed by atoms with Gasteiger partial charge in [-0.25, -0.2) is 0 Å². The van der Waals surface area contributed by atoms with Gasteiger partial charge >= 0.3 is 0 Å². The molecular weight excluding hydrogens is 402 g/mol. The molecule has 0 saturated carbocycles. The highest BCUT2D eigenvalue weighted by atomic mass is 35.5. The molecule has 10 heteroatoms.